The first kappa shape index (κ1) is 11.8. The fraction of sp³-hybridized carbons (Fsp3) is 0.231. The molecule has 17 heavy (non-hydrogen) atoms. The van der Waals surface area contributed by atoms with Crippen LogP contribution in [0.4, 0.5) is 0 Å². The number of aryl methyl sites for hydroxylation is 3. The van der Waals surface area contributed by atoms with Gasteiger partial charge in [-0.15, -0.1) is 11.3 Å². The van der Waals surface area contributed by atoms with Gasteiger partial charge in [0, 0.05) is 5.38 Å². The predicted octanol–water partition coefficient (Wildman–Crippen LogP) is 3.29. The summed E-state index contributed by atoms with van der Waals surface area (Å²) in [5.74, 6) is 0.198. The monoisotopic (exact) mass is 247 g/mol. The fourth-order valence-electron chi connectivity index (χ4n) is 1.43. The molecule has 0 radical (unpaired) electrons. The second-order valence-electron chi connectivity index (χ2n) is 3.91. The number of hydrogen-bond acceptors (Lipinski definition) is 4. The van der Waals surface area contributed by atoms with Crippen molar-refractivity contribution in [1.29, 1.82) is 0 Å². The van der Waals surface area contributed by atoms with Crippen LogP contribution in [0.5, 0.6) is 5.75 Å². The second kappa shape index (κ2) is 4.67. The van der Waals surface area contributed by atoms with E-state index >= 15 is 0 Å². The van der Waals surface area contributed by atoms with E-state index in [9.17, 15) is 4.79 Å². The minimum atomic E-state index is -0.400. The highest BCUT2D eigenvalue weighted by molar-refractivity contribution is 7.09. The van der Waals surface area contributed by atoms with Gasteiger partial charge in [-0.3, -0.25) is 0 Å². The van der Waals surface area contributed by atoms with Gasteiger partial charge < -0.3 is 4.74 Å². The molecule has 0 bridgehead atoms. The molecule has 0 spiro atoms. The normalized spacial score (nSPS) is 10.3. The van der Waals surface area contributed by atoms with Crippen molar-refractivity contribution in [2.75, 3.05) is 0 Å². The lowest BCUT2D eigenvalue weighted by molar-refractivity contribution is 0.0728. The summed E-state index contributed by atoms with van der Waals surface area (Å²) in [6, 6.07) is 5.77. The highest BCUT2D eigenvalue weighted by Gasteiger charge is 2.13. The van der Waals surface area contributed by atoms with Crippen molar-refractivity contribution < 1.29 is 9.53 Å². The van der Waals surface area contributed by atoms with E-state index in [0.717, 1.165) is 16.1 Å². The Morgan fingerprint density at radius 1 is 1.29 bits per heavy atom. The number of thiazole rings is 1. The Morgan fingerprint density at radius 3 is 2.71 bits per heavy atom. The molecule has 1 heterocycles. The highest BCUT2D eigenvalue weighted by Crippen LogP contribution is 2.20. The fourth-order valence-corrected chi connectivity index (χ4v) is 2.01. The van der Waals surface area contributed by atoms with Gasteiger partial charge in [0.05, 0.1) is 5.01 Å². The van der Waals surface area contributed by atoms with Crippen LogP contribution in [0, 0.1) is 20.8 Å². The van der Waals surface area contributed by atoms with Gasteiger partial charge in [-0.25, -0.2) is 9.78 Å². The first-order chi connectivity index (χ1) is 8.06. The Bertz CT molecular complexity index is 560. The Kier molecular flexibility index (Phi) is 3.24. The topological polar surface area (TPSA) is 39.2 Å². The third kappa shape index (κ3) is 2.71. The van der Waals surface area contributed by atoms with E-state index in [1.54, 1.807) is 5.38 Å². The third-order valence-electron chi connectivity index (χ3n) is 2.37. The predicted molar refractivity (Wildman–Crippen MR) is 67.7 cm³/mol. The maximum absolute atomic E-state index is 11.8. The van der Waals surface area contributed by atoms with Crippen LogP contribution in [0.2, 0.25) is 0 Å². The number of rotatable bonds is 2. The molecule has 0 saturated heterocycles. The van der Waals surface area contributed by atoms with Gasteiger partial charge >= 0.3 is 5.97 Å². The molecule has 88 valence electrons. The lowest BCUT2D eigenvalue weighted by Gasteiger charge is -2.06. The van der Waals surface area contributed by atoms with Crippen LogP contribution in [0.1, 0.15) is 26.6 Å². The molecule has 1 aromatic carbocycles. The molecule has 0 unspecified atom stereocenters. The van der Waals surface area contributed by atoms with E-state index in [-0.39, 0.29) is 0 Å². The van der Waals surface area contributed by atoms with Crippen LogP contribution >= 0.6 is 11.3 Å². The number of aromatic nitrogens is 1. The maximum Gasteiger partial charge on any atom is 0.363 e. The molecule has 0 fully saturated rings. The molecular weight excluding hydrogens is 234 g/mol. The standard InChI is InChI=1S/C13H13NO2S/c1-8-4-5-9(2)12(6-8)16-13(15)11-7-17-10(3)14-11/h4-7H,1-3H3. The molecule has 0 N–H and O–H groups in total. The molecular formula is C13H13NO2S. The lowest BCUT2D eigenvalue weighted by Crippen LogP contribution is -2.09. The van der Waals surface area contributed by atoms with Gasteiger partial charge in [-0.1, -0.05) is 12.1 Å². The zero-order valence-electron chi connectivity index (χ0n) is 9.98. The van der Waals surface area contributed by atoms with Gasteiger partial charge in [0.25, 0.3) is 0 Å². The first-order valence-electron chi connectivity index (χ1n) is 5.28. The first-order valence-corrected chi connectivity index (χ1v) is 6.16. The molecule has 0 saturated carbocycles. The zero-order chi connectivity index (χ0) is 12.4. The zero-order valence-corrected chi connectivity index (χ0v) is 10.8. The van der Waals surface area contributed by atoms with E-state index in [1.165, 1.54) is 11.3 Å². The number of carbonyl (C=O) groups excluding carboxylic acids is 1. The number of carbonyl (C=O) groups is 1. The molecule has 1 aromatic heterocycles. The van der Waals surface area contributed by atoms with E-state index in [2.05, 4.69) is 4.98 Å². The lowest BCUT2D eigenvalue weighted by atomic mass is 10.1. The molecule has 2 aromatic rings. The van der Waals surface area contributed by atoms with Crippen LogP contribution in [-0.4, -0.2) is 11.0 Å². The van der Waals surface area contributed by atoms with E-state index < -0.39 is 5.97 Å². The van der Waals surface area contributed by atoms with Crippen molar-refractivity contribution in [3.05, 3.63) is 45.4 Å². The average molecular weight is 247 g/mol. The van der Waals surface area contributed by atoms with Gasteiger partial charge in [0.2, 0.25) is 0 Å². The van der Waals surface area contributed by atoms with E-state index in [0.29, 0.717) is 11.4 Å². The van der Waals surface area contributed by atoms with Crippen LogP contribution in [0.15, 0.2) is 23.6 Å². The molecule has 4 heteroatoms. The van der Waals surface area contributed by atoms with Gasteiger partial charge in [-0.2, -0.15) is 0 Å². The van der Waals surface area contributed by atoms with Crippen molar-refractivity contribution in [1.82, 2.24) is 4.98 Å². The molecule has 0 atom stereocenters. The number of benzene rings is 1. The summed E-state index contributed by atoms with van der Waals surface area (Å²) >= 11 is 1.44. The van der Waals surface area contributed by atoms with Gasteiger partial charge in [0.1, 0.15) is 5.75 Å². The summed E-state index contributed by atoms with van der Waals surface area (Å²) < 4.78 is 5.33. The Balaban J connectivity index is 2.21. The van der Waals surface area contributed by atoms with E-state index in [1.807, 2.05) is 39.0 Å². The summed E-state index contributed by atoms with van der Waals surface area (Å²) in [5.41, 5.74) is 2.37. The molecule has 0 aliphatic carbocycles. The third-order valence-corrected chi connectivity index (χ3v) is 3.15. The average Bonchev–Trinajstić information content (AvgIpc) is 2.70. The summed E-state index contributed by atoms with van der Waals surface area (Å²) in [4.78, 5) is 15.9. The van der Waals surface area contributed by atoms with Crippen molar-refractivity contribution in [3.63, 3.8) is 0 Å². The Labute approximate surface area is 104 Å². The minimum absolute atomic E-state index is 0.369. The van der Waals surface area contributed by atoms with Crippen LogP contribution in [0.25, 0.3) is 0 Å². The van der Waals surface area contributed by atoms with Crippen molar-refractivity contribution in [2.45, 2.75) is 20.8 Å². The molecule has 0 aliphatic heterocycles. The number of ether oxygens (including phenoxy) is 1. The van der Waals surface area contributed by atoms with Crippen LogP contribution in [0.3, 0.4) is 0 Å². The summed E-state index contributed by atoms with van der Waals surface area (Å²) in [7, 11) is 0. The number of nitrogens with zero attached hydrogens (tertiary/aromatic N) is 1. The van der Waals surface area contributed by atoms with Crippen molar-refractivity contribution in [2.24, 2.45) is 0 Å². The summed E-state index contributed by atoms with van der Waals surface area (Å²) in [6.07, 6.45) is 0. The van der Waals surface area contributed by atoms with Gasteiger partial charge in [-0.05, 0) is 38.0 Å². The van der Waals surface area contributed by atoms with Crippen molar-refractivity contribution in [3.8, 4) is 5.75 Å². The second-order valence-corrected chi connectivity index (χ2v) is 4.97. The summed E-state index contributed by atoms with van der Waals surface area (Å²) in [5, 5.41) is 2.57. The molecule has 2 rings (SSSR count). The van der Waals surface area contributed by atoms with E-state index in [4.69, 9.17) is 4.74 Å². The van der Waals surface area contributed by atoms with Crippen molar-refractivity contribution >= 4 is 17.3 Å². The van der Waals surface area contributed by atoms with Gasteiger partial charge in [0.15, 0.2) is 5.69 Å². The van der Waals surface area contributed by atoms with Crippen LogP contribution < -0.4 is 4.74 Å². The molecule has 0 aliphatic rings. The minimum Gasteiger partial charge on any atom is -0.421 e. The smallest absolute Gasteiger partial charge is 0.363 e. The Hall–Kier alpha value is -1.68. The largest absolute Gasteiger partial charge is 0.421 e. The molecule has 3 nitrogen and oxygen atoms in total. The summed E-state index contributed by atoms with van der Waals surface area (Å²) in [6.45, 7) is 5.73. The molecule has 0 amide bonds. The number of esters is 1. The maximum atomic E-state index is 11.8. The highest BCUT2D eigenvalue weighted by atomic mass is 32.1. The Morgan fingerprint density at radius 2 is 2.06 bits per heavy atom. The number of hydrogen-bond donors (Lipinski definition) is 0. The SMILES string of the molecule is Cc1ccc(C)c(OC(=O)c2csc(C)n2)c1. The van der Waals surface area contributed by atoms with Crippen LogP contribution in [-0.2, 0) is 0 Å². The quantitative estimate of drug-likeness (QED) is 0.604.